The van der Waals surface area contributed by atoms with Crippen LogP contribution in [0.25, 0.3) is 0 Å². The molecule has 64 valence electrons. The lowest BCUT2D eigenvalue weighted by atomic mass is 10.1. The van der Waals surface area contributed by atoms with Crippen LogP contribution < -0.4 is 5.43 Å². The number of rotatable bonds is 3. The van der Waals surface area contributed by atoms with Crippen molar-refractivity contribution in [3.05, 3.63) is 35.4 Å². The first-order chi connectivity index (χ1) is 5.83. The van der Waals surface area contributed by atoms with Gasteiger partial charge >= 0.3 is 0 Å². The van der Waals surface area contributed by atoms with Gasteiger partial charge in [-0.25, -0.2) is 0 Å². The van der Waals surface area contributed by atoms with Crippen LogP contribution in [0.5, 0.6) is 0 Å². The lowest BCUT2D eigenvalue weighted by Gasteiger charge is -1.96. The van der Waals surface area contributed by atoms with E-state index in [0.717, 1.165) is 6.42 Å². The van der Waals surface area contributed by atoms with Gasteiger partial charge in [-0.1, -0.05) is 29.8 Å². The van der Waals surface area contributed by atoms with E-state index in [9.17, 15) is 0 Å². The number of hydrogen-bond acceptors (Lipinski definition) is 2. The molecule has 0 fully saturated rings. The van der Waals surface area contributed by atoms with Gasteiger partial charge in [0, 0.05) is 19.7 Å². The van der Waals surface area contributed by atoms with Crippen molar-refractivity contribution < 1.29 is 0 Å². The molecule has 0 aliphatic rings. The number of hydrogen-bond donors (Lipinski definition) is 1. The molecule has 0 unspecified atom stereocenters. The lowest BCUT2D eigenvalue weighted by molar-refractivity contribution is 0.903. The van der Waals surface area contributed by atoms with E-state index in [0.29, 0.717) is 0 Å². The third-order valence-electron chi connectivity index (χ3n) is 1.63. The summed E-state index contributed by atoms with van der Waals surface area (Å²) in [5.41, 5.74) is 5.32. The number of aryl methyl sites for hydroxylation is 1. The zero-order valence-corrected chi connectivity index (χ0v) is 7.54. The van der Waals surface area contributed by atoms with Crippen LogP contribution in [-0.4, -0.2) is 13.3 Å². The highest BCUT2D eigenvalue weighted by atomic mass is 15.3. The van der Waals surface area contributed by atoms with Crippen LogP contribution in [0.15, 0.2) is 29.4 Å². The third-order valence-corrected chi connectivity index (χ3v) is 1.63. The Kier molecular flexibility index (Phi) is 3.33. The molecule has 0 aromatic heterocycles. The van der Waals surface area contributed by atoms with Gasteiger partial charge < -0.3 is 5.43 Å². The summed E-state index contributed by atoms with van der Waals surface area (Å²) < 4.78 is 0. The number of nitrogens with zero attached hydrogens (tertiary/aromatic N) is 1. The molecule has 0 saturated heterocycles. The summed E-state index contributed by atoms with van der Waals surface area (Å²) in [5, 5.41) is 3.92. The maximum absolute atomic E-state index is 3.92. The van der Waals surface area contributed by atoms with Crippen LogP contribution >= 0.6 is 0 Å². The fraction of sp³-hybridized carbons (Fsp3) is 0.300. The molecule has 0 spiro atoms. The lowest BCUT2D eigenvalue weighted by Crippen LogP contribution is -1.95. The Bertz CT molecular complexity index is 266. The van der Waals surface area contributed by atoms with Gasteiger partial charge in [-0.05, 0) is 12.5 Å². The van der Waals surface area contributed by atoms with Crippen molar-refractivity contribution in [1.82, 2.24) is 5.43 Å². The topological polar surface area (TPSA) is 24.4 Å². The van der Waals surface area contributed by atoms with E-state index in [1.807, 2.05) is 6.21 Å². The van der Waals surface area contributed by atoms with E-state index in [-0.39, 0.29) is 0 Å². The van der Waals surface area contributed by atoms with Crippen LogP contribution in [-0.2, 0) is 6.42 Å². The Morgan fingerprint density at radius 1 is 1.50 bits per heavy atom. The van der Waals surface area contributed by atoms with Crippen molar-refractivity contribution in [3.63, 3.8) is 0 Å². The SMILES string of the molecule is CN/N=C/Cc1cccc(C)c1. The molecule has 0 radical (unpaired) electrons. The summed E-state index contributed by atoms with van der Waals surface area (Å²) >= 11 is 0. The maximum Gasteiger partial charge on any atom is 0.0286 e. The van der Waals surface area contributed by atoms with E-state index in [2.05, 4.69) is 41.7 Å². The van der Waals surface area contributed by atoms with E-state index >= 15 is 0 Å². The van der Waals surface area contributed by atoms with Crippen molar-refractivity contribution in [2.24, 2.45) is 5.10 Å². The van der Waals surface area contributed by atoms with Gasteiger partial charge in [0.25, 0.3) is 0 Å². The van der Waals surface area contributed by atoms with Gasteiger partial charge in [-0.2, -0.15) is 5.10 Å². The average Bonchev–Trinajstić information content (AvgIpc) is 2.05. The summed E-state index contributed by atoms with van der Waals surface area (Å²) in [7, 11) is 1.80. The smallest absolute Gasteiger partial charge is 0.0286 e. The summed E-state index contributed by atoms with van der Waals surface area (Å²) in [5.74, 6) is 0. The fourth-order valence-corrected chi connectivity index (χ4v) is 1.08. The average molecular weight is 162 g/mol. The maximum atomic E-state index is 3.92. The van der Waals surface area contributed by atoms with E-state index in [4.69, 9.17) is 0 Å². The third kappa shape index (κ3) is 2.74. The molecule has 0 aliphatic heterocycles. The Morgan fingerprint density at radius 2 is 2.33 bits per heavy atom. The predicted octanol–water partition coefficient (Wildman–Crippen LogP) is 1.74. The van der Waals surface area contributed by atoms with Crippen molar-refractivity contribution in [2.45, 2.75) is 13.3 Å². The summed E-state index contributed by atoms with van der Waals surface area (Å²) in [4.78, 5) is 0. The van der Waals surface area contributed by atoms with Crippen LogP contribution in [0.3, 0.4) is 0 Å². The highest BCUT2D eigenvalue weighted by Gasteiger charge is 1.89. The zero-order chi connectivity index (χ0) is 8.81. The first kappa shape index (κ1) is 8.78. The molecule has 0 amide bonds. The molecule has 0 atom stereocenters. The van der Waals surface area contributed by atoms with Crippen LogP contribution in [0.4, 0.5) is 0 Å². The van der Waals surface area contributed by atoms with Gasteiger partial charge in [0.1, 0.15) is 0 Å². The minimum atomic E-state index is 0.891. The highest BCUT2D eigenvalue weighted by Crippen LogP contribution is 2.02. The molecular weight excluding hydrogens is 148 g/mol. The largest absolute Gasteiger partial charge is 0.313 e. The predicted molar refractivity (Wildman–Crippen MR) is 52.4 cm³/mol. The van der Waals surface area contributed by atoms with Crippen molar-refractivity contribution >= 4 is 6.21 Å². The van der Waals surface area contributed by atoms with Gasteiger partial charge in [0.05, 0.1) is 0 Å². The van der Waals surface area contributed by atoms with Crippen molar-refractivity contribution in [1.29, 1.82) is 0 Å². The van der Waals surface area contributed by atoms with Crippen LogP contribution in [0.2, 0.25) is 0 Å². The summed E-state index contributed by atoms with van der Waals surface area (Å²) in [6.45, 7) is 2.10. The van der Waals surface area contributed by atoms with E-state index in [1.54, 1.807) is 7.05 Å². The van der Waals surface area contributed by atoms with Crippen molar-refractivity contribution in [3.8, 4) is 0 Å². The number of benzene rings is 1. The fourth-order valence-electron chi connectivity index (χ4n) is 1.08. The zero-order valence-electron chi connectivity index (χ0n) is 7.54. The summed E-state index contributed by atoms with van der Waals surface area (Å²) in [6.07, 6.45) is 2.76. The Hall–Kier alpha value is -1.31. The van der Waals surface area contributed by atoms with Crippen LogP contribution in [0.1, 0.15) is 11.1 Å². The highest BCUT2D eigenvalue weighted by molar-refractivity contribution is 5.61. The molecule has 1 aromatic rings. The second-order valence-electron chi connectivity index (χ2n) is 2.73. The first-order valence-corrected chi connectivity index (χ1v) is 4.06. The summed E-state index contributed by atoms with van der Waals surface area (Å²) in [6, 6.07) is 8.44. The van der Waals surface area contributed by atoms with Gasteiger partial charge in [-0.15, -0.1) is 0 Å². The van der Waals surface area contributed by atoms with Crippen LogP contribution in [0, 0.1) is 6.92 Å². The number of nitrogens with one attached hydrogen (secondary N) is 1. The second-order valence-corrected chi connectivity index (χ2v) is 2.73. The monoisotopic (exact) mass is 162 g/mol. The van der Waals surface area contributed by atoms with E-state index < -0.39 is 0 Å². The Balaban J connectivity index is 2.57. The van der Waals surface area contributed by atoms with E-state index in [1.165, 1.54) is 11.1 Å². The molecule has 0 aliphatic carbocycles. The number of hydrazone groups is 1. The molecule has 12 heavy (non-hydrogen) atoms. The standard InChI is InChI=1S/C10H14N2/c1-9-4-3-5-10(8-9)6-7-12-11-2/h3-5,7-8,11H,6H2,1-2H3/b12-7+. The van der Waals surface area contributed by atoms with Gasteiger partial charge in [0.2, 0.25) is 0 Å². The molecule has 0 bridgehead atoms. The molecule has 1 N–H and O–H groups in total. The minimum absolute atomic E-state index is 0.891. The molecule has 0 saturated carbocycles. The first-order valence-electron chi connectivity index (χ1n) is 4.06. The second kappa shape index (κ2) is 4.54. The molecule has 1 aromatic carbocycles. The van der Waals surface area contributed by atoms with Gasteiger partial charge in [-0.3, -0.25) is 0 Å². The molecular formula is C10H14N2. The van der Waals surface area contributed by atoms with Gasteiger partial charge in [0.15, 0.2) is 0 Å². The Labute approximate surface area is 73.3 Å². The molecule has 2 nitrogen and oxygen atoms in total. The minimum Gasteiger partial charge on any atom is -0.313 e. The molecule has 0 heterocycles. The normalized spacial score (nSPS) is 10.5. The molecule has 1 rings (SSSR count). The Morgan fingerprint density at radius 3 is 3.00 bits per heavy atom. The molecule has 2 heteroatoms. The van der Waals surface area contributed by atoms with Crippen molar-refractivity contribution in [2.75, 3.05) is 7.05 Å². The quantitative estimate of drug-likeness (QED) is 0.531.